The minimum atomic E-state index is -0.248. The molecule has 0 saturated heterocycles. The average Bonchev–Trinajstić information content (AvgIpc) is 2.85. The first-order valence-electron chi connectivity index (χ1n) is 6.15. The number of methoxy groups -OCH3 is 1. The van der Waals surface area contributed by atoms with Gasteiger partial charge in [0.2, 0.25) is 0 Å². The maximum atomic E-state index is 11.9. The molecule has 1 N–H and O–H groups in total. The summed E-state index contributed by atoms with van der Waals surface area (Å²) in [5.74, 6) is 1.48. The second-order valence-electron chi connectivity index (χ2n) is 4.14. The van der Waals surface area contributed by atoms with Gasteiger partial charge in [0.1, 0.15) is 18.1 Å². The average molecular weight is 276 g/mol. The van der Waals surface area contributed by atoms with Gasteiger partial charge in [0, 0.05) is 18.7 Å². The number of hydrogen-bond acceptors (Lipinski definition) is 5. The molecule has 1 heterocycles. The van der Waals surface area contributed by atoms with Gasteiger partial charge in [-0.3, -0.25) is 4.79 Å². The highest BCUT2D eigenvalue weighted by molar-refractivity contribution is 6.03. The molecule has 0 radical (unpaired) electrons. The van der Waals surface area contributed by atoms with Gasteiger partial charge >= 0.3 is 0 Å². The van der Waals surface area contributed by atoms with E-state index in [0.29, 0.717) is 36.1 Å². The SMILES string of the molecule is COCCOc1ccc(C(=O)Nc2cc(C)on2)cc1. The Morgan fingerprint density at radius 2 is 2.05 bits per heavy atom. The molecule has 0 spiro atoms. The minimum Gasteiger partial charge on any atom is -0.491 e. The van der Waals surface area contributed by atoms with Crippen molar-refractivity contribution in [3.63, 3.8) is 0 Å². The first kappa shape index (κ1) is 14.1. The van der Waals surface area contributed by atoms with Gasteiger partial charge in [0.25, 0.3) is 5.91 Å². The molecule has 1 amide bonds. The Kier molecular flexibility index (Phi) is 4.73. The van der Waals surface area contributed by atoms with Gasteiger partial charge in [0.05, 0.1) is 6.61 Å². The van der Waals surface area contributed by atoms with E-state index in [9.17, 15) is 4.79 Å². The molecule has 0 saturated carbocycles. The predicted octanol–water partition coefficient (Wildman–Crippen LogP) is 2.26. The zero-order valence-corrected chi connectivity index (χ0v) is 11.4. The van der Waals surface area contributed by atoms with Crippen molar-refractivity contribution in [2.75, 3.05) is 25.6 Å². The summed E-state index contributed by atoms with van der Waals surface area (Å²) >= 11 is 0. The number of benzene rings is 1. The molecule has 2 rings (SSSR count). The van der Waals surface area contributed by atoms with Gasteiger partial charge in [-0.15, -0.1) is 0 Å². The summed E-state index contributed by atoms with van der Waals surface area (Å²) in [6.07, 6.45) is 0. The van der Waals surface area contributed by atoms with Crippen LogP contribution in [-0.2, 0) is 4.74 Å². The Bertz CT molecular complexity index is 563. The van der Waals surface area contributed by atoms with E-state index in [-0.39, 0.29) is 5.91 Å². The van der Waals surface area contributed by atoms with Crippen LogP contribution >= 0.6 is 0 Å². The fourth-order valence-corrected chi connectivity index (χ4v) is 1.56. The molecule has 1 aromatic heterocycles. The molecule has 0 fully saturated rings. The number of amides is 1. The second kappa shape index (κ2) is 6.72. The van der Waals surface area contributed by atoms with Crippen molar-refractivity contribution in [1.82, 2.24) is 5.16 Å². The van der Waals surface area contributed by atoms with E-state index in [1.807, 2.05) is 0 Å². The van der Waals surface area contributed by atoms with Gasteiger partial charge in [-0.05, 0) is 31.2 Å². The van der Waals surface area contributed by atoms with Crippen molar-refractivity contribution in [2.45, 2.75) is 6.92 Å². The highest BCUT2D eigenvalue weighted by atomic mass is 16.5. The van der Waals surface area contributed by atoms with Gasteiger partial charge in [-0.25, -0.2) is 0 Å². The number of ether oxygens (including phenoxy) is 2. The molecular weight excluding hydrogens is 260 g/mol. The van der Waals surface area contributed by atoms with Crippen LogP contribution in [0.25, 0.3) is 0 Å². The van der Waals surface area contributed by atoms with Crippen molar-refractivity contribution < 1.29 is 18.8 Å². The Balaban J connectivity index is 1.93. The van der Waals surface area contributed by atoms with Crippen LogP contribution in [0.5, 0.6) is 5.75 Å². The van der Waals surface area contributed by atoms with Crippen molar-refractivity contribution in [3.8, 4) is 5.75 Å². The molecule has 6 nitrogen and oxygen atoms in total. The zero-order valence-electron chi connectivity index (χ0n) is 11.4. The van der Waals surface area contributed by atoms with E-state index in [0.717, 1.165) is 0 Å². The van der Waals surface area contributed by atoms with Crippen LogP contribution in [0.4, 0.5) is 5.82 Å². The molecule has 0 unspecified atom stereocenters. The lowest BCUT2D eigenvalue weighted by molar-refractivity contribution is 0.102. The number of hydrogen-bond donors (Lipinski definition) is 1. The second-order valence-corrected chi connectivity index (χ2v) is 4.14. The quantitative estimate of drug-likeness (QED) is 0.819. The van der Waals surface area contributed by atoms with Gasteiger partial charge in [0.15, 0.2) is 5.82 Å². The van der Waals surface area contributed by atoms with Crippen LogP contribution in [0.2, 0.25) is 0 Å². The first-order valence-corrected chi connectivity index (χ1v) is 6.15. The molecule has 0 aliphatic carbocycles. The number of carbonyl (C=O) groups is 1. The van der Waals surface area contributed by atoms with E-state index >= 15 is 0 Å². The fraction of sp³-hybridized carbons (Fsp3) is 0.286. The molecular formula is C14H16N2O4. The van der Waals surface area contributed by atoms with Crippen LogP contribution in [0.15, 0.2) is 34.9 Å². The number of aryl methyl sites for hydroxylation is 1. The van der Waals surface area contributed by atoms with E-state index in [4.69, 9.17) is 14.0 Å². The van der Waals surface area contributed by atoms with Crippen molar-refractivity contribution >= 4 is 11.7 Å². The van der Waals surface area contributed by atoms with Gasteiger partial charge in [-0.2, -0.15) is 0 Å². The summed E-state index contributed by atoms with van der Waals surface area (Å²) in [4.78, 5) is 11.9. The van der Waals surface area contributed by atoms with Crippen LogP contribution < -0.4 is 10.1 Å². The predicted molar refractivity (Wildman–Crippen MR) is 73.0 cm³/mol. The topological polar surface area (TPSA) is 73.6 Å². The van der Waals surface area contributed by atoms with Crippen LogP contribution in [-0.4, -0.2) is 31.4 Å². The number of carbonyl (C=O) groups excluding carboxylic acids is 1. The summed E-state index contributed by atoms with van der Waals surface area (Å²) in [6.45, 7) is 2.75. The normalized spacial score (nSPS) is 10.3. The maximum absolute atomic E-state index is 11.9. The lowest BCUT2D eigenvalue weighted by Crippen LogP contribution is -2.12. The Labute approximate surface area is 116 Å². The van der Waals surface area contributed by atoms with Crippen molar-refractivity contribution in [3.05, 3.63) is 41.7 Å². The first-order chi connectivity index (χ1) is 9.69. The molecule has 0 aliphatic rings. The monoisotopic (exact) mass is 276 g/mol. The largest absolute Gasteiger partial charge is 0.491 e. The van der Waals surface area contributed by atoms with Crippen LogP contribution in [0, 0.1) is 6.92 Å². The highest BCUT2D eigenvalue weighted by Gasteiger charge is 2.08. The molecule has 1 aromatic carbocycles. The van der Waals surface area contributed by atoms with Crippen LogP contribution in [0.1, 0.15) is 16.1 Å². The summed E-state index contributed by atoms with van der Waals surface area (Å²) in [5, 5.41) is 6.35. The number of nitrogens with zero attached hydrogens (tertiary/aromatic N) is 1. The van der Waals surface area contributed by atoms with E-state index in [1.165, 1.54) is 0 Å². The maximum Gasteiger partial charge on any atom is 0.256 e. The summed E-state index contributed by atoms with van der Waals surface area (Å²) in [7, 11) is 1.61. The molecule has 0 aliphatic heterocycles. The number of nitrogens with one attached hydrogen (secondary N) is 1. The number of aromatic nitrogens is 1. The standard InChI is InChI=1S/C14H16N2O4/c1-10-9-13(16-20-10)15-14(17)11-3-5-12(6-4-11)19-8-7-18-2/h3-6,9H,7-8H2,1-2H3,(H,15,16,17). The van der Waals surface area contributed by atoms with Crippen molar-refractivity contribution in [1.29, 1.82) is 0 Å². The lowest BCUT2D eigenvalue weighted by atomic mass is 10.2. The Hall–Kier alpha value is -2.34. The third-order valence-electron chi connectivity index (χ3n) is 2.54. The van der Waals surface area contributed by atoms with E-state index in [2.05, 4.69) is 10.5 Å². The third-order valence-corrected chi connectivity index (χ3v) is 2.54. The summed E-state index contributed by atoms with van der Waals surface area (Å²) in [6, 6.07) is 8.49. The lowest BCUT2D eigenvalue weighted by Gasteiger charge is -2.06. The van der Waals surface area contributed by atoms with Crippen molar-refractivity contribution in [2.24, 2.45) is 0 Å². The molecule has 6 heteroatoms. The third kappa shape index (κ3) is 3.83. The molecule has 2 aromatic rings. The number of anilines is 1. The van der Waals surface area contributed by atoms with E-state index in [1.54, 1.807) is 44.4 Å². The molecule has 0 atom stereocenters. The summed E-state index contributed by atoms with van der Waals surface area (Å²) < 4.78 is 15.2. The molecule has 20 heavy (non-hydrogen) atoms. The summed E-state index contributed by atoms with van der Waals surface area (Å²) in [5.41, 5.74) is 0.518. The zero-order chi connectivity index (χ0) is 14.4. The minimum absolute atomic E-state index is 0.248. The smallest absolute Gasteiger partial charge is 0.256 e. The fourth-order valence-electron chi connectivity index (χ4n) is 1.56. The van der Waals surface area contributed by atoms with E-state index < -0.39 is 0 Å². The molecule has 106 valence electrons. The Morgan fingerprint density at radius 3 is 2.65 bits per heavy atom. The van der Waals surface area contributed by atoms with Crippen LogP contribution in [0.3, 0.4) is 0 Å². The van der Waals surface area contributed by atoms with Gasteiger partial charge in [-0.1, -0.05) is 5.16 Å². The molecule has 0 bridgehead atoms. The highest BCUT2D eigenvalue weighted by Crippen LogP contribution is 2.14. The Morgan fingerprint density at radius 1 is 1.30 bits per heavy atom. The van der Waals surface area contributed by atoms with Gasteiger partial charge < -0.3 is 19.3 Å². The number of rotatable bonds is 6.